The van der Waals surface area contributed by atoms with Crippen LogP contribution in [0.1, 0.15) is 5.69 Å². The first-order valence-electron chi connectivity index (χ1n) is 6.13. The average Bonchev–Trinajstić information content (AvgIpc) is 2.77. The van der Waals surface area contributed by atoms with Gasteiger partial charge in [0.2, 0.25) is 0 Å². The molecule has 18 heavy (non-hydrogen) atoms. The molecule has 1 heterocycles. The molecular formula is C11H22N4O3. The second-order valence-electron chi connectivity index (χ2n) is 3.75. The highest BCUT2D eigenvalue weighted by atomic mass is 16.5. The van der Waals surface area contributed by atoms with E-state index < -0.39 is 0 Å². The standard InChI is InChI=1S/C11H22N4O3/c1-11-10-15(14-13-11)3-5-17-7-9-18-8-6-16-4-2-12/h10H,2-9,12H2,1H3. The molecule has 0 amide bonds. The zero-order chi connectivity index (χ0) is 13.1. The first-order chi connectivity index (χ1) is 8.83. The lowest BCUT2D eigenvalue weighted by Gasteiger charge is -2.06. The van der Waals surface area contributed by atoms with Gasteiger partial charge in [0.05, 0.1) is 51.9 Å². The Kier molecular flexibility index (Phi) is 8.32. The van der Waals surface area contributed by atoms with Gasteiger partial charge in [-0.15, -0.1) is 5.10 Å². The van der Waals surface area contributed by atoms with E-state index in [9.17, 15) is 0 Å². The van der Waals surface area contributed by atoms with Crippen molar-refractivity contribution in [1.82, 2.24) is 15.0 Å². The van der Waals surface area contributed by atoms with E-state index in [0.29, 0.717) is 52.7 Å². The number of nitrogens with zero attached hydrogens (tertiary/aromatic N) is 3. The molecule has 0 bridgehead atoms. The van der Waals surface area contributed by atoms with Gasteiger partial charge in [0.15, 0.2) is 0 Å². The maximum atomic E-state index is 5.40. The Morgan fingerprint density at radius 1 is 1.06 bits per heavy atom. The number of aromatic nitrogens is 3. The summed E-state index contributed by atoms with van der Waals surface area (Å²) in [6.07, 6.45) is 1.88. The van der Waals surface area contributed by atoms with Crippen LogP contribution in [0.2, 0.25) is 0 Å². The second kappa shape index (κ2) is 9.95. The van der Waals surface area contributed by atoms with Crippen molar-refractivity contribution < 1.29 is 14.2 Å². The predicted molar refractivity (Wildman–Crippen MR) is 66.3 cm³/mol. The van der Waals surface area contributed by atoms with Crippen LogP contribution in [0.25, 0.3) is 0 Å². The molecule has 1 rings (SSSR count). The average molecular weight is 258 g/mol. The molecule has 1 aromatic rings. The topological polar surface area (TPSA) is 84.4 Å². The zero-order valence-corrected chi connectivity index (χ0v) is 10.9. The van der Waals surface area contributed by atoms with Crippen LogP contribution >= 0.6 is 0 Å². The summed E-state index contributed by atoms with van der Waals surface area (Å²) >= 11 is 0. The van der Waals surface area contributed by atoms with E-state index >= 15 is 0 Å². The van der Waals surface area contributed by atoms with Gasteiger partial charge in [-0.3, -0.25) is 0 Å². The molecule has 7 heteroatoms. The number of nitrogens with two attached hydrogens (primary N) is 1. The van der Waals surface area contributed by atoms with Crippen LogP contribution in [-0.2, 0) is 20.8 Å². The zero-order valence-electron chi connectivity index (χ0n) is 10.9. The van der Waals surface area contributed by atoms with E-state index in [2.05, 4.69) is 10.3 Å². The summed E-state index contributed by atoms with van der Waals surface area (Å²) in [5.74, 6) is 0. The Balaban J connectivity index is 1.81. The molecule has 0 aliphatic rings. The van der Waals surface area contributed by atoms with Crippen molar-refractivity contribution in [2.24, 2.45) is 5.73 Å². The highest BCUT2D eigenvalue weighted by Crippen LogP contribution is 1.89. The van der Waals surface area contributed by atoms with Gasteiger partial charge in [-0.1, -0.05) is 5.21 Å². The van der Waals surface area contributed by atoms with Crippen LogP contribution in [0, 0.1) is 6.92 Å². The molecule has 0 aromatic carbocycles. The highest BCUT2D eigenvalue weighted by Gasteiger charge is 1.95. The normalized spacial score (nSPS) is 11.0. The molecule has 0 fully saturated rings. The quantitative estimate of drug-likeness (QED) is 0.543. The fraction of sp³-hybridized carbons (Fsp3) is 0.818. The lowest BCUT2D eigenvalue weighted by Crippen LogP contribution is -2.14. The molecule has 0 atom stereocenters. The summed E-state index contributed by atoms with van der Waals surface area (Å²) in [4.78, 5) is 0. The number of aryl methyl sites for hydroxylation is 1. The Bertz CT molecular complexity index is 306. The highest BCUT2D eigenvalue weighted by molar-refractivity contribution is 4.86. The van der Waals surface area contributed by atoms with Gasteiger partial charge < -0.3 is 19.9 Å². The first-order valence-corrected chi connectivity index (χ1v) is 6.13. The summed E-state index contributed by atoms with van der Waals surface area (Å²) in [6, 6.07) is 0. The van der Waals surface area contributed by atoms with Crippen molar-refractivity contribution in [3.8, 4) is 0 Å². The SMILES string of the molecule is Cc1cn(CCOCCOCCOCCN)nn1. The van der Waals surface area contributed by atoms with Gasteiger partial charge in [0.1, 0.15) is 0 Å². The summed E-state index contributed by atoms with van der Waals surface area (Å²) < 4.78 is 17.6. The van der Waals surface area contributed by atoms with Crippen molar-refractivity contribution >= 4 is 0 Å². The minimum absolute atomic E-state index is 0.546. The molecule has 0 aliphatic carbocycles. The van der Waals surface area contributed by atoms with Crippen molar-refractivity contribution in [1.29, 1.82) is 0 Å². The minimum Gasteiger partial charge on any atom is -0.378 e. The van der Waals surface area contributed by atoms with Gasteiger partial charge in [0.25, 0.3) is 0 Å². The van der Waals surface area contributed by atoms with E-state index in [4.69, 9.17) is 19.9 Å². The molecule has 7 nitrogen and oxygen atoms in total. The maximum Gasteiger partial charge on any atom is 0.0796 e. The summed E-state index contributed by atoms with van der Waals surface area (Å²) in [7, 11) is 0. The third-order valence-corrected chi connectivity index (χ3v) is 2.12. The van der Waals surface area contributed by atoms with Gasteiger partial charge in [-0.05, 0) is 6.92 Å². The van der Waals surface area contributed by atoms with E-state index in [1.165, 1.54) is 0 Å². The predicted octanol–water partition coefficient (Wildman–Crippen LogP) is -0.405. The maximum absolute atomic E-state index is 5.40. The monoisotopic (exact) mass is 258 g/mol. The van der Waals surface area contributed by atoms with Gasteiger partial charge in [-0.25, -0.2) is 4.68 Å². The van der Waals surface area contributed by atoms with E-state index in [1.54, 1.807) is 4.68 Å². The molecule has 0 aliphatic heterocycles. The second-order valence-corrected chi connectivity index (χ2v) is 3.75. The van der Waals surface area contributed by atoms with E-state index in [-0.39, 0.29) is 0 Å². The third kappa shape index (κ3) is 7.33. The number of ether oxygens (including phenoxy) is 3. The van der Waals surface area contributed by atoms with Crippen LogP contribution in [0.4, 0.5) is 0 Å². The number of rotatable bonds is 11. The molecule has 1 aromatic heterocycles. The van der Waals surface area contributed by atoms with E-state index in [0.717, 1.165) is 5.69 Å². The molecule has 0 saturated carbocycles. The van der Waals surface area contributed by atoms with Crippen LogP contribution in [0.5, 0.6) is 0 Å². The van der Waals surface area contributed by atoms with Crippen molar-refractivity contribution in [3.05, 3.63) is 11.9 Å². The number of hydrogen-bond acceptors (Lipinski definition) is 6. The molecule has 2 N–H and O–H groups in total. The van der Waals surface area contributed by atoms with Crippen LogP contribution in [0.3, 0.4) is 0 Å². The third-order valence-electron chi connectivity index (χ3n) is 2.12. The Labute approximate surface area is 107 Å². The molecule has 104 valence electrons. The summed E-state index contributed by atoms with van der Waals surface area (Å²) in [5, 5.41) is 7.81. The lowest BCUT2D eigenvalue weighted by atomic mass is 10.5. The number of hydrogen-bond donors (Lipinski definition) is 1. The lowest BCUT2D eigenvalue weighted by molar-refractivity contribution is 0.0141. The summed E-state index contributed by atoms with van der Waals surface area (Å²) in [5.41, 5.74) is 6.19. The van der Waals surface area contributed by atoms with Gasteiger partial charge >= 0.3 is 0 Å². The van der Waals surface area contributed by atoms with Gasteiger partial charge in [-0.2, -0.15) is 0 Å². The fourth-order valence-corrected chi connectivity index (χ4v) is 1.29. The Morgan fingerprint density at radius 2 is 1.67 bits per heavy atom. The molecule has 0 unspecified atom stereocenters. The van der Waals surface area contributed by atoms with Gasteiger partial charge in [0, 0.05) is 12.7 Å². The summed E-state index contributed by atoms with van der Waals surface area (Å²) in [6.45, 7) is 6.65. The fourth-order valence-electron chi connectivity index (χ4n) is 1.29. The van der Waals surface area contributed by atoms with Crippen molar-refractivity contribution in [3.63, 3.8) is 0 Å². The van der Waals surface area contributed by atoms with Crippen LogP contribution in [0.15, 0.2) is 6.20 Å². The molecular weight excluding hydrogens is 236 g/mol. The molecule has 0 radical (unpaired) electrons. The largest absolute Gasteiger partial charge is 0.378 e. The molecule has 0 spiro atoms. The van der Waals surface area contributed by atoms with Crippen molar-refractivity contribution in [2.45, 2.75) is 13.5 Å². The van der Waals surface area contributed by atoms with Crippen LogP contribution < -0.4 is 5.73 Å². The van der Waals surface area contributed by atoms with E-state index in [1.807, 2.05) is 13.1 Å². The Morgan fingerprint density at radius 3 is 2.22 bits per heavy atom. The van der Waals surface area contributed by atoms with Crippen molar-refractivity contribution in [2.75, 3.05) is 46.2 Å². The molecule has 0 saturated heterocycles. The minimum atomic E-state index is 0.546. The van der Waals surface area contributed by atoms with Crippen LogP contribution in [-0.4, -0.2) is 61.2 Å². The Hall–Kier alpha value is -1.02. The smallest absolute Gasteiger partial charge is 0.0796 e. The first kappa shape index (κ1) is 15.0.